The molecule has 2 aromatic rings. The van der Waals surface area contributed by atoms with Crippen LogP contribution in [0.1, 0.15) is 0 Å². The Hall–Kier alpha value is -2.21. The number of nitrogen functional groups attached to an aromatic ring is 1. The molecule has 1 fully saturated rings. The fourth-order valence-corrected chi connectivity index (χ4v) is 3.05. The van der Waals surface area contributed by atoms with Crippen LogP contribution in [0.3, 0.4) is 0 Å². The van der Waals surface area contributed by atoms with Gasteiger partial charge in [-0.2, -0.15) is 11.8 Å². The van der Waals surface area contributed by atoms with Gasteiger partial charge < -0.3 is 31.0 Å². The second-order valence-corrected chi connectivity index (χ2v) is 6.51. The predicted molar refractivity (Wildman–Crippen MR) is 98.4 cm³/mol. The number of aromatic nitrogens is 4. The van der Waals surface area contributed by atoms with Gasteiger partial charge in [-0.25, -0.2) is 15.0 Å². The number of carbonyl (C=O) groups is 1. The number of aliphatic hydroxyl groups is 2. The minimum atomic E-state index is -0.796. The van der Waals surface area contributed by atoms with E-state index >= 15 is 0 Å². The van der Waals surface area contributed by atoms with Crippen molar-refractivity contribution in [3.8, 4) is 0 Å². The summed E-state index contributed by atoms with van der Waals surface area (Å²) in [6.45, 7) is 4.09. The molecule has 0 aliphatic carbocycles. The third-order valence-corrected chi connectivity index (χ3v) is 4.58. The molecule has 1 aliphatic heterocycles. The van der Waals surface area contributed by atoms with Crippen LogP contribution < -0.4 is 11.1 Å². The summed E-state index contributed by atoms with van der Waals surface area (Å²) in [5.74, 6) is 1.60. The lowest BCUT2D eigenvalue weighted by atomic mass is 10.2. The van der Waals surface area contributed by atoms with Crippen molar-refractivity contribution in [2.45, 2.75) is 18.3 Å². The number of aliphatic hydroxyl groups excluding tert-OH is 2. The molecule has 0 radical (unpaired) electrons. The van der Waals surface area contributed by atoms with Crippen molar-refractivity contribution in [1.82, 2.24) is 25.3 Å². The van der Waals surface area contributed by atoms with Crippen molar-refractivity contribution in [3.63, 3.8) is 0 Å². The van der Waals surface area contributed by atoms with E-state index in [-0.39, 0.29) is 18.6 Å². The summed E-state index contributed by atoms with van der Waals surface area (Å²) >= 11 is 1.56. The number of thioether (sulfide) groups is 1. The average Bonchev–Trinajstić information content (AvgIpc) is 3.24. The van der Waals surface area contributed by atoms with E-state index in [0.717, 1.165) is 5.75 Å². The third-order valence-electron chi connectivity index (χ3n) is 3.52. The monoisotopic (exact) mass is 382 g/mol. The zero-order valence-corrected chi connectivity index (χ0v) is 14.9. The Morgan fingerprint density at radius 1 is 1.50 bits per heavy atom. The Balaban J connectivity index is 0.000000206. The summed E-state index contributed by atoms with van der Waals surface area (Å²) in [7, 11) is 0. The molecule has 26 heavy (non-hydrogen) atoms. The Morgan fingerprint density at radius 2 is 2.31 bits per heavy atom. The number of H-pyrrole nitrogens is 1. The number of nitrogens with two attached hydrogens (primary N) is 1. The van der Waals surface area contributed by atoms with Crippen LogP contribution >= 0.6 is 11.8 Å². The number of carbonyl (C=O) groups excluding carboxylic acids is 1. The molecule has 3 rings (SSSR count). The lowest BCUT2D eigenvalue weighted by molar-refractivity contribution is -0.116. The van der Waals surface area contributed by atoms with Crippen LogP contribution in [0.4, 0.5) is 5.82 Å². The van der Waals surface area contributed by atoms with Gasteiger partial charge >= 0.3 is 0 Å². The molecular weight excluding hydrogens is 360 g/mol. The zero-order valence-electron chi connectivity index (χ0n) is 14.0. The van der Waals surface area contributed by atoms with Crippen LogP contribution in [-0.2, 0) is 9.53 Å². The van der Waals surface area contributed by atoms with Gasteiger partial charge in [0.25, 0.3) is 0 Å². The summed E-state index contributed by atoms with van der Waals surface area (Å²) in [6, 6.07) is 0. The highest BCUT2D eigenvalue weighted by molar-refractivity contribution is 7.99. The molecule has 142 valence electrons. The standard InChI is InChI=1S/C10H17NO4S.C5H5N5/c1-2-9(13)11-3-4-16-6-8-10(14)7(12)5-15-8;6-4-3-5(9-1-7-3)10-2-8-4/h2,7-8,10,12,14H,1,3-6H2,(H,11,13);1-2H,(H3,6,7,8,9,10)/t7?,8-,10?;/m0./s1. The number of nitrogens with zero attached hydrogens (tertiary/aromatic N) is 3. The fourth-order valence-electron chi connectivity index (χ4n) is 2.12. The Labute approximate surface area is 154 Å². The highest BCUT2D eigenvalue weighted by Gasteiger charge is 2.33. The number of nitrogens with one attached hydrogen (secondary N) is 2. The number of ether oxygens (including phenoxy) is 1. The number of fused-ring (bicyclic) bond motifs is 1. The van der Waals surface area contributed by atoms with Gasteiger partial charge in [-0.15, -0.1) is 0 Å². The lowest BCUT2D eigenvalue weighted by Gasteiger charge is -2.14. The van der Waals surface area contributed by atoms with Crippen LogP contribution in [0.15, 0.2) is 25.3 Å². The molecule has 3 atom stereocenters. The number of imidazole rings is 1. The van der Waals surface area contributed by atoms with E-state index < -0.39 is 12.2 Å². The van der Waals surface area contributed by atoms with Crippen molar-refractivity contribution in [2.75, 3.05) is 30.4 Å². The predicted octanol–water partition coefficient (Wildman–Crippen LogP) is -0.922. The van der Waals surface area contributed by atoms with Gasteiger partial charge in [0.2, 0.25) is 5.91 Å². The maximum atomic E-state index is 10.8. The van der Waals surface area contributed by atoms with Crippen LogP contribution in [-0.4, -0.2) is 79.0 Å². The Morgan fingerprint density at radius 3 is 2.96 bits per heavy atom. The molecule has 2 unspecified atom stereocenters. The number of hydrogen-bond donors (Lipinski definition) is 5. The first-order chi connectivity index (χ1) is 12.5. The molecule has 10 nitrogen and oxygen atoms in total. The minimum Gasteiger partial charge on any atom is -0.388 e. The van der Waals surface area contributed by atoms with Gasteiger partial charge in [0.15, 0.2) is 11.5 Å². The van der Waals surface area contributed by atoms with E-state index in [0.29, 0.717) is 29.3 Å². The normalized spacial score (nSPS) is 21.8. The highest BCUT2D eigenvalue weighted by Crippen LogP contribution is 2.18. The van der Waals surface area contributed by atoms with E-state index in [9.17, 15) is 15.0 Å². The molecule has 0 aromatic carbocycles. The molecule has 3 heterocycles. The summed E-state index contributed by atoms with van der Waals surface area (Å²) in [6.07, 6.45) is 2.27. The first-order valence-electron chi connectivity index (χ1n) is 7.88. The molecule has 0 saturated carbocycles. The number of hydrogen-bond acceptors (Lipinski definition) is 9. The van der Waals surface area contributed by atoms with Crippen LogP contribution in [0.2, 0.25) is 0 Å². The van der Waals surface area contributed by atoms with Gasteiger partial charge in [-0.05, 0) is 6.08 Å². The smallest absolute Gasteiger partial charge is 0.243 e. The molecule has 0 spiro atoms. The van der Waals surface area contributed by atoms with Crippen molar-refractivity contribution >= 4 is 34.7 Å². The first kappa shape index (κ1) is 20.1. The van der Waals surface area contributed by atoms with E-state index in [2.05, 4.69) is 31.8 Å². The van der Waals surface area contributed by atoms with Crippen LogP contribution in [0, 0.1) is 0 Å². The molecule has 1 saturated heterocycles. The second kappa shape index (κ2) is 10.1. The Bertz CT molecular complexity index is 727. The minimum absolute atomic E-state index is 0.187. The number of anilines is 1. The second-order valence-electron chi connectivity index (χ2n) is 5.36. The van der Waals surface area contributed by atoms with Crippen molar-refractivity contribution < 1.29 is 19.7 Å². The summed E-state index contributed by atoms with van der Waals surface area (Å²) < 4.78 is 5.20. The maximum absolute atomic E-state index is 10.8. The molecule has 2 aromatic heterocycles. The van der Waals surface area contributed by atoms with E-state index in [4.69, 9.17) is 10.5 Å². The molecule has 11 heteroatoms. The van der Waals surface area contributed by atoms with Gasteiger partial charge in [0.05, 0.1) is 19.0 Å². The molecule has 1 amide bonds. The van der Waals surface area contributed by atoms with E-state index in [1.165, 1.54) is 18.7 Å². The summed E-state index contributed by atoms with van der Waals surface area (Å²) in [5, 5.41) is 21.3. The van der Waals surface area contributed by atoms with E-state index in [1.54, 1.807) is 11.8 Å². The summed E-state index contributed by atoms with van der Waals surface area (Å²) in [5.41, 5.74) is 6.78. The third kappa shape index (κ3) is 5.66. The van der Waals surface area contributed by atoms with E-state index in [1.807, 2.05) is 0 Å². The zero-order chi connectivity index (χ0) is 18.9. The van der Waals surface area contributed by atoms with Crippen molar-refractivity contribution in [2.24, 2.45) is 0 Å². The maximum Gasteiger partial charge on any atom is 0.243 e. The molecule has 1 aliphatic rings. The number of amides is 1. The average molecular weight is 382 g/mol. The SMILES string of the molecule is C=CC(=O)NCCSC[C@@H]1OCC(O)C1O.Nc1ncnc2nc[nH]c12. The van der Waals surface area contributed by atoms with Gasteiger partial charge in [-0.1, -0.05) is 6.58 Å². The lowest BCUT2D eigenvalue weighted by Crippen LogP contribution is -2.31. The van der Waals surface area contributed by atoms with Gasteiger partial charge in [0, 0.05) is 18.1 Å². The summed E-state index contributed by atoms with van der Waals surface area (Å²) in [4.78, 5) is 25.2. The fraction of sp³-hybridized carbons (Fsp3) is 0.467. The quantitative estimate of drug-likeness (QED) is 0.314. The van der Waals surface area contributed by atoms with Crippen LogP contribution in [0.25, 0.3) is 11.2 Å². The van der Waals surface area contributed by atoms with Gasteiger partial charge in [-0.3, -0.25) is 4.79 Å². The topological polar surface area (TPSA) is 159 Å². The number of aromatic amines is 1. The Kier molecular flexibility index (Phi) is 7.78. The number of rotatable bonds is 6. The van der Waals surface area contributed by atoms with Crippen molar-refractivity contribution in [1.29, 1.82) is 0 Å². The molecular formula is C15H22N6O4S. The highest BCUT2D eigenvalue weighted by atomic mass is 32.2. The first-order valence-corrected chi connectivity index (χ1v) is 9.03. The molecule has 0 bridgehead atoms. The molecule has 6 N–H and O–H groups in total. The van der Waals surface area contributed by atoms with Gasteiger partial charge in [0.1, 0.15) is 24.1 Å². The van der Waals surface area contributed by atoms with Crippen LogP contribution in [0.5, 0.6) is 0 Å². The largest absolute Gasteiger partial charge is 0.388 e. The van der Waals surface area contributed by atoms with Crippen molar-refractivity contribution in [3.05, 3.63) is 25.3 Å².